The summed E-state index contributed by atoms with van der Waals surface area (Å²) < 4.78 is 11.6. The second-order valence-electron chi connectivity index (χ2n) is 12.2. The van der Waals surface area contributed by atoms with Crippen LogP contribution in [0.1, 0.15) is 23.6 Å². The molecule has 0 aliphatic rings. The van der Waals surface area contributed by atoms with Gasteiger partial charge in [-0.2, -0.15) is 0 Å². The van der Waals surface area contributed by atoms with Crippen LogP contribution in [0, 0.1) is 0 Å². The fourth-order valence-corrected chi connectivity index (χ4v) is 15.9. The second-order valence-corrected chi connectivity index (χ2v) is 20.0. The molecule has 238 valence electrons. The van der Waals surface area contributed by atoms with Crippen molar-refractivity contribution in [3.05, 3.63) is 204 Å². The number of benzene rings is 6. The molecule has 0 amide bonds. The van der Waals surface area contributed by atoms with Crippen molar-refractivity contribution in [2.24, 2.45) is 9.32 Å². The molecule has 49 heavy (non-hydrogen) atoms. The third-order valence-corrected chi connectivity index (χ3v) is 18.8. The highest BCUT2D eigenvalue weighted by molar-refractivity contribution is 7.17. The third kappa shape index (κ3) is 6.36. The van der Waals surface area contributed by atoms with Crippen LogP contribution in [0.5, 0.6) is 0 Å². The average Bonchev–Trinajstić information content (AvgIpc) is 3.69. The maximum atomic E-state index is 5.81. The van der Waals surface area contributed by atoms with Crippen LogP contribution < -0.4 is 31.1 Å². The van der Waals surface area contributed by atoms with Gasteiger partial charge in [0.25, 0.3) is 16.5 Å². The average molecular weight is 683 g/mol. The summed E-state index contributed by atoms with van der Waals surface area (Å²) in [5.74, 6) is 0. The van der Waals surface area contributed by atoms with Gasteiger partial charge in [-0.15, -0.1) is 11.3 Å². The van der Waals surface area contributed by atoms with E-state index < -0.39 is 16.5 Å². The minimum absolute atomic E-state index is 1.05. The van der Waals surface area contributed by atoms with E-state index in [0.717, 1.165) is 21.2 Å². The molecule has 5 heteroatoms. The molecule has 0 aliphatic heterocycles. The van der Waals surface area contributed by atoms with E-state index in [1.807, 2.05) is 0 Å². The topological polar surface area (TPSA) is 24.7 Å². The van der Waals surface area contributed by atoms with E-state index in [2.05, 4.69) is 208 Å². The number of hydrogen-bond acceptors (Lipinski definition) is 3. The molecule has 0 aliphatic carbocycles. The van der Waals surface area contributed by atoms with Crippen molar-refractivity contribution in [2.75, 3.05) is 0 Å². The van der Waals surface area contributed by atoms with Gasteiger partial charge < -0.3 is 9.32 Å². The zero-order valence-corrected chi connectivity index (χ0v) is 30.6. The zero-order chi connectivity index (χ0) is 33.5. The standard InChI is InChI=1S/C44H38N2SSi2/c1-35(45-48(37-21-9-3-10-22-37,38-23-11-4-12-24-38)39-25-13-5-14-26-39)43-33-34-44(47-43)36(2)46-49(40-27-15-6-16-28-40,41-29-17-7-18-30-41)42-31-19-8-20-32-42/h3-34H,1-2H3/b45-35+,46-36+. The Kier molecular flexibility index (Phi) is 9.57. The van der Waals surface area contributed by atoms with E-state index in [4.69, 9.17) is 9.32 Å². The first-order valence-corrected chi connectivity index (χ1v) is 21.4. The van der Waals surface area contributed by atoms with Crippen LogP contribution in [-0.4, -0.2) is 27.9 Å². The minimum atomic E-state index is -2.79. The van der Waals surface area contributed by atoms with E-state index in [1.165, 1.54) is 31.1 Å². The normalized spacial score (nSPS) is 12.5. The third-order valence-electron chi connectivity index (χ3n) is 9.14. The molecule has 0 saturated heterocycles. The van der Waals surface area contributed by atoms with Crippen LogP contribution in [0.2, 0.25) is 0 Å². The molecule has 6 aromatic carbocycles. The van der Waals surface area contributed by atoms with Gasteiger partial charge in [-0.3, -0.25) is 0 Å². The van der Waals surface area contributed by atoms with Gasteiger partial charge in [-0.1, -0.05) is 182 Å². The SMILES string of the molecule is C/C(=N\[Si](c1ccccc1)(c1ccccc1)c1ccccc1)c1ccc(/C(C)=N/[Si](c2ccccc2)(c2ccccc2)c2ccccc2)s1. The lowest BCUT2D eigenvalue weighted by Crippen LogP contribution is -2.66. The van der Waals surface area contributed by atoms with Crippen molar-refractivity contribution in [3.8, 4) is 0 Å². The van der Waals surface area contributed by atoms with Crippen LogP contribution in [0.25, 0.3) is 0 Å². The molecule has 0 bridgehead atoms. The molecule has 1 aromatic heterocycles. The second kappa shape index (κ2) is 14.5. The smallest absolute Gasteiger partial charge is 0.273 e. The highest BCUT2D eigenvalue weighted by atomic mass is 32.1. The summed E-state index contributed by atoms with van der Waals surface area (Å²) in [6, 6.07) is 69.7. The largest absolute Gasteiger partial charge is 0.307 e. The van der Waals surface area contributed by atoms with Crippen LogP contribution in [0.15, 0.2) is 203 Å². The van der Waals surface area contributed by atoms with Gasteiger partial charge in [0.2, 0.25) is 0 Å². The summed E-state index contributed by atoms with van der Waals surface area (Å²) >= 11 is 1.78. The first kappa shape index (κ1) is 32.3. The summed E-state index contributed by atoms with van der Waals surface area (Å²) in [4.78, 5) is 2.33. The lowest BCUT2D eigenvalue weighted by atomic mass is 10.3. The molecule has 0 unspecified atom stereocenters. The van der Waals surface area contributed by atoms with Gasteiger partial charge in [0.1, 0.15) is 0 Å². The summed E-state index contributed by atoms with van der Waals surface area (Å²) in [6.45, 7) is 4.35. The molecule has 2 nitrogen and oxygen atoms in total. The van der Waals surface area contributed by atoms with Gasteiger partial charge in [0, 0.05) is 21.2 Å². The number of rotatable bonds is 10. The Bertz CT molecular complexity index is 1820. The zero-order valence-electron chi connectivity index (χ0n) is 27.8. The molecule has 7 rings (SSSR count). The monoisotopic (exact) mass is 682 g/mol. The molecule has 7 aromatic rings. The van der Waals surface area contributed by atoms with Crippen LogP contribution in [0.3, 0.4) is 0 Å². The van der Waals surface area contributed by atoms with Crippen molar-refractivity contribution < 1.29 is 0 Å². The van der Waals surface area contributed by atoms with Crippen molar-refractivity contribution in [3.63, 3.8) is 0 Å². The van der Waals surface area contributed by atoms with Gasteiger partial charge in [-0.25, -0.2) is 0 Å². The Morgan fingerprint density at radius 1 is 0.327 bits per heavy atom. The highest BCUT2D eigenvalue weighted by Crippen LogP contribution is 2.22. The maximum absolute atomic E-state index is 5.81. The van der Waals surface area contributed by atoms with Crippen molar-refractivity contribution in [2.45, 2.75) is 13.8 Å². The Balaban J connectivity index is 1.38. The van der Waals surface area contributed by atoms with Gasteiger partial charge in [0.05, 0.1) is 0 Å². The summed E-state index contributed by atoms with van der Waals surface area (Å²) in [7, 11) is -5.57. The van der Waals surface area contributed by atoms with Crippen molar-refractivity contribution >= 4 is 70.4 Å². The van der Waals surface area contributed by atoms with Crippen molar-refractivity contribution in [1.29, 1.82) is 0 Å². The Labute approximate surface area is 296 Å². The maximum Gasteiger partial charge on any atom is 0.273 e. The van der Waals surface area contributed by atoms with E-state index >= 15 is 0 Å². The first-order chi connectivity index (χ1) is 24.1. The summed E-state index contributed by atoms with van der Waals surface area (Å²) in [6.07, 6.45) is 0. The number of hydrogen-bond donors (Lipinski definition) is 0. The minimum Gasteiger partial charge on any atom is -0.307 e. The Hall–Kier alpha value is -5.21. The Morgan fingerprint density at radius 3 is 0.735 bits per heavy atom. The molecule has 0 spiro atoms. The molecular weight excluding hydrogens is 645 g/mol. The van der Waals surface area contributed by atoms with Crippen LogP contribution >= 0.6 is 11.3 Å². The molecular formula is C44H38N2SSi2. The quantitative estimate of drug-likeness (QED) is 0.0872. The fourth-order valence-electron chi connectivity index (χ4n) is 6.80. The lowest BCUT2D eigenvalue weighted by molar-refractivity contribution is 1.57. The lowest BCUT2D eigenvalue weighted by Gasteiger charge is -2.30. The van der Waals surface area contributed by atoms with Crippen LogP contribution in [0.4, 0.5) is 0 Å². The molecule has 0 atom stereocenters. The van der Waals surface area contributed by atoms with Gasteiger partial charge >= 0.3 is 0 Å². The predicted molar refractivity (Wildman–Crippen MR) is 217 cm³/mol. The molecule has 1 heterocycles. The molecule has 0 saturated carbocycles. The van der Waals surface area contributed by atoms with E-state index in [1.54, 1.807) is 11.3 Å². The molecule has 0 fully saturated rings. The molecule has 0 N–H and O–H groups in total. The van der Waals surface area contributed by atoms with E-state index in [0.29, 0.717) is 0 Å². The molecule has 0 radical (unpaired) electrons. The number of thiophene rings is 1. The summed E-state index contributed by atoms with van der Waals surface area (Å²) in [5, 5.41) is 7.61. The first-order valence-electron chi connectivity index (χ1n) is 16.7. The summed E-state index contributed by atoms with van der Waals surface area (Å²) in [5.41, 5.74) is 2.09. The highest BCUT2D eigenvalue weighted by Gasteiger charge is 2.41. The van der Waals surface area contributed by atoms with Gasteiger partial charge in [0.15, 0.2) is 0 Å². The van der Waals surface area contributed by atoms with Crippen LogP contribution in [-0.2, 0) is 0 Å². The van der Waals surface area contributed by atoms with Crippen molar-refractivity contribution in [1.82, 2.24) is 0 Å². The van der Waals surface area contributed by atoms with E-state index in [-0.39, 0.29) is 0 Å². The van der Waals surface area contributed by atoms with Gasteiger partial charge in [-0.05, 0) is 57.1 Å². The fraction of sp³-hybridized carbons (Fsp3) is 0.0455. The Morgan fingerprint density at radius 2 is 0.531 bits per heavy atom. The number of nitrogens with zero attached hydrogens (tertiary/aromatic N) is 2. The van der Waals surface area contributed by atoms with E-state index in [9.17, 15) is 0 Å². The predicted octanol–water partition coefficient (Wildman–Crippen LogP) is 6.70.